The molecule has 4 aromatic rings. The number of carbonyl (C=O) groups excluding carboxylic acids is 1. The minimum absolute atomic E-state index is 0.00210. The van der Waals surface area contributed by atoms with Gasteiger partial charge in [-0.05, 0) is 43.2 Å². The summed E-state index contributed by atoms with van der Waals surface area (Å²) in [5.41, 5.74) is 3.47. The summed E-state index contributed by atoms with van der Waals surface area (Å²) in [5.74, 6) is -0.135. The average Bonchev–Trinajstić information content (AvgIpc) is 3.32. The van der Waals surface area contributed by atoms with Crippen LogP contribution in [0.15, 0.2) is 55.1 Å². The summed E-state index contributed by atoms with van der Waals surface area (Å²) >= 11 is 0. The lowest BCUT2D eigenvalue weighted by Crippen LogP contribution is -2.19. The highest BCUT2D eigenvalue weighted by molar-refractivity contribution is 5.98. The Kier molecular flexibility index (Phi) is 3.68. The van der Waals surface area contributed by atoms with E-state index in [-0.39, 0.29) is 30.9 Å². The van der Waals surface area contributed by atoms with Crippen molar-refractivity contribution in [1.29, 1.82) is 0 Å². The van der Waals surface area contributed by atoms with Crippen LogP contribution in [0, 0.1) is 0 Å². The van der Waals surface area contributed by atoms with Gasteiger partial charge in [0.05, 0.1) is 35.8 Å². The molecular weight excluding hydrogens is 376 g/mol. The first kappa shape index (κ1) is 14.4. The molecule has 1 saturated heterocycles. The third-order valence-electron chi connectivity index (χ3n) is 5.05. The zero-order valence-corrected chi connectivity index (χ0v) is 16.4. The lowest BCUT2D eigenvalue weighted by molar-refractivity contribution is 0.0991. The van der Waals surface area contributed by atoms with Gasteiger partial charge in [-0.1, -0.05) is 6.07 Å². The number of benzene rings is 1. The van der Waals surface area contributed by atoms with Crippen molar-refractivity contribution in [2.45, 2.75) is 19.3 Å². The van der Waals surface area contributed by atoms with Gasteiger partial charge >= 0.3 is 0 Å². The van der Waals surface area contributed by atoms with E-state index >= 15 is 0 Å². The van der Waals surface area contributed by atoms with Crippen LogP contribution in [-0.4, -0.2) is 43.5 Å². The fourth-order valence-corrected chi connectivity index (χ4v) is 3.50. The second-order valence-electron chi connectivity index (χ2n) is 7.15. The van der Waals surface area contributed by atoms with Crippen molar-refractivity contribution < 1.29 is 10.3 Å². The number of pyridine rings is 1. The van der Waals surface area contributed by atoms with Gasteiger partial charge in [0.2, 0.25) is 0 Å². The molecule has 3 aromatic heterocycles. The van der Waals surface area contributed by atoms with E-state index in [0.29, 0.717) is 16.8 Å². The molecule has 0 N–H and O–H groups in total. The van der Waals surface area contributed by atoms with E-state index in [1.165, 1.54) is 12.3 Å². The molecule has 0 atom stereocenters. The number of aryl methyl sites for hydroxylation is 1. The van der Waals surface area contributed by atoms with Crippen LogP contribution in [0.4, 0.5) is 5.82 Å². The number of hydrogen-bond acceptors (Lipinski definition) is 6. The van der Waals surface area contributed by atoms with Crippen molar-refractivity contribution in [2.75, 3.05) is 17.9 Å². The Morgan fingerprint density at radius 2 is 2.00 bits per heavy atom. The Morgan fingerprint density at radius 3 is 2.80 bits per heavy atom. The van der Waals surface area contributed by atoms with Gasteiger partial charge in [0.1, 0.15) is 5.82 Å². The molecule has 0 amide bonds. The van der Waals surface area contributed by atoms with Crippen molar-refractivity contribution in [2.24, 2.45) is 7.05 Å². The normalized spacial score (nSPS) is 19.2. The predicted octanol–water partition coefficient (Wildman–Crippen LogP) is 3.45. The number of fused-ring (bicyclic) bond motifs is 1. The molecule has 7 nitrogen and oxygen atoms in total. The molecular formula is C23H22N6O. The molecule has 5 rings (SSSR count). The van der Waals surface area contributed by atoms with E-state index < -0.39 is 13.0 Å². The van der Waals surface area contributed by atoms with Crippen molar-refractivity contribution in [3.05, 3.63) is 66.4 Å². The summed E-state index contributed by atoms with van der Waals surface area (Å²) in [4.78, 5) is 22.3. The van der Waals surface area contributed by atoms with E-state index in [2.05, 4.69) is 20.2 Å². The highest BCUT2D eigenvalue weighted by Gasteiger charge is 2.16. The van der Waals surface area contributed by atoms with Crippen LogP contribution in [-0.2, 0) is 13.5 Å². The highest BCUT2D eigenvalue weighted by Crippen LogP contribution is 2.24. The molecule has 1 aliphatic rings. The molecule has 0 aliphatic carbocycles. The number of ketones is 1. The molecule has 30 heavy (non-hydrogen) atoms. The number of rotatable bonds is 5. The molecule has 0 saturated carbocycles. The third kappa shape index (κ3) is 3.54. The number of nitrogens with zero attached hydrogens (tertiary/aromatic N) is 6. The molecule has 150 valence electrons. The van der Waals surface area contributed by atoms with E-state index in [1.807, 2.05) is 35.9 Å². The topological polar surface area (TPSA) is 76.8 Å². The monoisotopic (exact) mass is 402 g/mol. The first-order valence-electron chi connectivity index (χ1n) is 11.7. The van der Waals surface area contributed by atoms with Crippen LogP contribution in [0.25, 0.3) is 22.2 Å². The lowest BCUT2D eigenvalue weighted by Gasteiger charge is -2.16. The molecule has 0 bridgehead atoms. The lowest BCUT2D eigenvalue weighted by atomic mass is 10.0. The second-order valence-corrected chi connectivity index (χ2v) is 7.15. The van der Waals surface area contributed by atoms with Gasteiger partial charge < -0.3 is 9.47 Å². The second kappa shape index (κ2) is 7.67. The van der Waals surface area contributed by atoms with Crippen molar-refractivity contribution in [3.8, 4) is 11.3 Å². The third-order valence-corrected chi connectivity index (χ3v) is 5.05. The summed E-state index contributed by atoms with van der Waals surface area (Å²) in [5, 5.41) is 9.29. The number of Topliss-reactive ketones (excluding diaryl/α,β-unsaturated/α-hetero) is 1. The average molecular weight is 402 g/mol. The summed E-state index contributed by atoms with van der Waals surface area (Å²) in [7, 11) is 1.92. The van der Waals surface area contributed by atoms with Gasteiger partial charge in [0.25, 0.3) is 0 Å². The minimum atomic E-state index is -1.88. The van der Waals surface area contributed by atoms with Crippen LogP contribution in [0.3, 0.4) is 0 Å². The van der Waals surface area contributed by atoms with E-state index in [4.69, 9.17) is 5.48 Å². The molecule has 1 fully saturated rings. The van der Waals surface area contributed by atoms with E-state index in [9.17, 15) is 4.79 Å². The maximum Gasteiger partial charge on any atom is 0.169 e. The first-order chi connectivity index (χ1) is 16.1. The van der Waals surface area contributed by atoms with E-state index in [1.54, 1.807) is 18.6 Å². The smallest absolute Gasteiger partial charge is 0.169 e. The highest BCUT2D eigenvalue weighted by atomic mass is 16.1. The van der Waals surface area contributed by atoms with Gasteiger partial charge in [-0.3, -0.25) is 4.79 Å². The van der Waals surface area contributed by atoms with E-state index in [0.717, 1.165) is 21.5 Å². The molecule has 0 radical (unpaired) electrons. The maximum atomic E-state index is 13.0. The molecule has 1 aliphatic heterocycles. The Labute approximate surface area is 180 Å². The Bertz CT molecular complexity index is 1390. The van der Waals surface area contributed by atoms with Crippen molar-refractivity contribution in [1.82, 2.24) is 24.7 Å². The van der Waals surface area contributed by atoms with Gasteiger partial charge in [0.15, 0.2) is 5.78 Å². The standard InChI is InChI=1S/C23H22N6O/c1-28-15-24-14-21(28)16-4-5-20-18(10-16)11-19(26-27-20)13-22(30)17-6-7-25-23(12-17)29-8-2-3-9-29/h4-7,10-12,14-15H,2-3,8-9,13H2,1H3/i8D2,9D2. The van der Waals surface area contributed by atoms with Gasteiger partial charge in [-0.2, -0.15) is 10.2 Å². The molecule has 1 aromatic carbocycles. The summed E-state index contributed by atoms with van der Waals surface area (Å²) < 4.78 is 34.5. The molecule has 4 heterocycles. The van der Waals surface area contributed by atoms with Crippen LogP contribution >= 0.6 is 0 Å². The van der Waals surface area contributed by atoms with Gasteiger partial charge in [-0.25, -0.2) is 9.97 Å². The fourth-order valence-electron chi connectivity index (χ4n) is 3.50. The van der Waals surface area contributed by atoms with Crippen LogP contribution in [0.1, 0.15) is 34.4 Å². The number of carbonyl (C=O) groups is 1. The molecule has 0 spiro atoms. The van der Waals surface area contributed by atoms with Gasteiger partial charge in [-0.15, -0.1) is 0 Å². The Balaban J connectivity index is 1.42. The first-order valence-corrected chi connectivity index (χ1v) is 9.67. The van der Waals surface area contributed by atoms with Crippen LogP contribution in [0.5, 0.6) is 0 Å². The number of hydrogen-bond donors (Lipinski definition) is 0. The maximum absolute atomic E-state index is 13.0. The quantitative estimate of drug-likeness (QED) is 0.476. The Hall–Kier alpha value is -3.61. The zero-order chi connectivity index (χ0) is 24.1. The SMILES string of the molecule is [2H]C1([2H])CCC([2H])([2H])N1c1cc(C(=O)Cc2cc3cc(-c4cncn4C)ccc3nn2)ccn1. The number of aromatic nitrogens is 5. The summed E-state index contributed by atoms with van der Waals surface area (Å²) in [6.07, 6.45) is 5.02. The van der Waals surface area contributed by atoms with Crippen LogP contribution in [0.2, 0.25) is 0 Å². The minimum Gasteiger partial charge on any atom is -0.357 e. The summed E-state index contributed by atoms with van der Waals surface area (Å²) in [6.45, 7) is -3.76. The van der Waals surface area contributed by atoms with Gasteiger partial charge in [0, 0.05) is 48.2 Å². The Morgan fingerprint density at radius 1 is 1.13 bits per heavy atom. The number of imidazole rings is 1. The summed E-state index contributed by atoms with van der Waals surface area (Å²) in [6, 6.07) is 10.6. The van der Waals surface area contributed by atoms with Crippen LogP contribution < -0.4 is 4.90 Å². The largest absolute Gasteiger partial charge is 0.357 e. The predicted molar refractivity (Wildman–Crippen MR) is 115 cm³/mol. The van der Waals surface area contributed by atoms with Crippen molar-refractivity contribution >= 4 is 22.5 Å². The molecule has 7 heteroatoms. The molecule has 0 unspecified atom stereocenters. The zero-order valence-electron chi connectivity index (χ0n) is 20.4. The van der Waals surface area contributed by atoms with Crippen molar-refractivity contribution in [3.63, 3.8) is 0 Å². The number of anilines is 1. The fraction of sp³-hybridized carbons (Fsp3) is 0.261.